The van der Waals surface area contributed by atoms with Gasteiger partial charge in [0.25, 0.3) is 5.91 Å². The maximum atomic E-state index is 12.2. The number of anilines is 1. The molecule has 0 aromatic heterocycles. The van der Waals surface area contributed by atoms with Crippen LogP contribution in [0.2, 0.25) is 5.02 Å². The molecule has 1 N–H and O–H groups in total. The second-order valence-corrected chi connectivity index (χ2v) is 5.33. The molecule has 0 bridgehead atoms. The van der Waals surface area contributed by atoms with Gasteiger partial charge in [-0.2, -0.15) is 0 Å². The lowest BCUT2D eigenvalue weighted by Gasteiger charge is -2.17. The SMILES string of the molecule is Cc1cccc(NC(=O)[C@@H](C)Oc2ccccc2Cl)c1C. The minimum absolute atomic E-state index is 0.205. The van der Waals surface area contributed by atoms with Gasteiger partial charge in [0.05, 0.1) is 5.02 Å². The Labute approximate surface area is 129 Å². The van der Waals surface area contributed by atoms with Crippen molar-refractivity contribution >= 4 is 23.2 Å². The first-order valence-corrected chi connectivity index (χ1v) is 7.15. The third kappa shape index (κ3) is 3.76. The van der Waals surface area contributed by atoms with E-state index in [0.29, 0.717) is 10.8 Å². The van der Waals surface area contributed by atoms with Gasteiger partial charge in [-0.25, -0.2) is 0 Å². The van der Waals surface area contributed by atoms with Crippen LogP contribution in [0.1, 0.15) is 18.1 Å². The second kappa shape index (κ2) is 6.64. The first-order chi connectivity index (χ1) is 9.99. The summed E-state index contributed by atoms with van der Waals surface area (Å²) in [5.41, 5.74) is 2.98. The summed E-state index contributed by atoms with van der Waals surface area (Å²) in [6.07, 6.45) is -0.634. The second-order valence-electron chi connectivity index (χ2n) is 4.93. The molecule has 0 spiro atoms. The van der Waals surface area contributed by atoms with Crippen molar-refractivity contribution < 1.29 is 9.53 Å². The summed E-state index contributed by atoms with van der Waals surface area (Å²) in [5, 5.41) is 3.37. The Morgan fingerprint density at radius 3 is 2.57 bits per heavy atom. The van der Waals surface area contributed by atoms with E-state index < -0.39 is 6.10 Å². The zero-order valence-corrected chi connectivity index (χ0v) is 13.1. The smallest absolute Gasteiger partial charge is 0.265 e. The van der Waals surface area contributed by atoms with Gasteiger partial charge in [0.1, 0.15) is 5.75 Å². The van der Waals surface area contributed by atoms with Crippen molar-refractivity contribution in [2.24, 2.45) is 0 Å². The number of carbonyl (C=O) groups excluding carboxylic acids is 1. The number of benzene rings is 2. The minimum atomic E-state index is -0.634. The quantitative estimate of drug-likeness (QED) is 0.911. The van der Waals surface area contributed by atoms with E-state index in [1.165, 1.54) is 0 Å². The number of amides is 1. The van der Waals surface area contributed by atoms with Crippen molar-refractivity contribution in [2.45, 2.75) is 26.9 Å². The highest BCUT2D eigenvalue weighted by Gasteiger charge is 2.17. The van der Waals surface area contributed by atoms with Crippen molar-refractivity contribution in [1.82, 2.24) is 0 Å². The number of para-hydroxylation sites is 1. The van der Waals surface area contributed by atoms with Gasteiger partial charge in [-0.15, -0.1) is 0 Å². The van der Waals surface area contributed by atoms with Gasteiger partial charge in [0.15, 0.2) is 6.10 Å². The van der Waals surface area contributed by atoms with E-state index in [0.717, 1.165) is 16.8 Å². The van der Waals surface area contributed by atoms with E-state index in [-0.39, 0.29) is 5.91 Å². The maximum absolute atomic E-state index is 12.2. The van der Waals surface area contributed by atoms with E-state index in [4.69, 9.17) is 16.3 Å². The van der Waals surface area contributed by atoms with Crippen LogP contribution in [-0.4, -0.2) is 12.0 Å². The summed E-state index contributed by atoms with van der Waals surface area (Å²) >= 11 is 6.02. The van der Waals surface area contributed by atoms with Gasteiger partial charge in [-0.1, -0.05) is 35.9 Å². The van der Waals surface area contributed by atoms with E-state index in [1.807, 2.05) is 44.2 Å². The van der Waals surface area contributed by atoms with Gasteiger partial charge < -0.3 is 10.1 Å². The third-order valence-corrected chi connectivity index (χ3v) is 3.68. The molecule has 0 fully saturated rings. The maximum Gasteiger partial charge on any atom is 0.265 e. The number of hydrogen-bond acceptors (Lipinski definition) is 2. The fourth-order valence-corrected chi connectivity index (χ4v) is 2.09. The molecule has 1 atom stereocenters. The first-order valence-electron chi connectivity index (χ1n) is 6.77. The number of aryl methyl sites for hydroxylation is 1. The molecule has 110 valence electrons. The molecule has 2 aromatic carbocycles. The largest absolute Gasteiger partial charge is 0.479 e. The molecule has 0 radical (unpaired) electrons. The Morgan fingerprint density at radius 1 is 1.14 bits per heavy atom. The highest BCUT2D eigenvalue weighted by molar-refractivity contribution is 6.32. The Kier molecular flexibility index (Phi) is 4.86. The van der Waals surface area contributed by atoms with Crippen molar-refractivity contribution in [1.29, 1.82) is 0 Å². The summed E-state index contributed by atoms with van der Waals surface area (Å²) in [7, 11) is 0. The summed E-state index contributed by atoms with van der Waals surface area (Å²) in [4.78, 5) is 12.2. The van der Waals surface area contributed by atoms with Crippen LogP contribution < -0.4 is 10.1 Å². The number of nitrogens with one attached hydrogen (secondary N) is 1. The summed E-state index contributed by atoms with van der Waals surface area (Å²) in [6, 6.07) is 12.9. The van der Waals surface area contributed by atoms with Crippen LogP contribution in [0.15, 0.2) is 42.5 Å². The van der Waals surface area contributed by atoms with Crippen LogP contribution in [0.4, 0.5) is 5.69 Å². The van der Waals surface area contributed by atoms with E-state index in [1.54, 1.807) is 19.1 Å². The van der Waals surface area contributed by atoms with E-state index >= 15 is 0 Å². The third-order valence-electron chi connectivity index (χ3n) is 3.37. The summed E-state index contributed by atoms with van der Waals surface area (Å²) < 4.78 is 5.61. The van der Waals surface area contributed by atoms with Crippen LogP contribution in [0.25, 0.3) is 0 Å². The van der Waals surface area contributed by atoms with Crippen LogP contribution >= 0.6 is 11.6 Å². The number of carbonyl (C=O) groups is 1. The van der Waals surface area contributed by atoms with Crippen LogP contribution in [-0.2, 0) is 4.79 Å². The van der Waals surface area contributed by atoms with Crippen molar-refractivity contribution in [3.8, 4) is 5.75 Å². The van der Waals surface area contributed by atoms with Crippen molar-refractivity contribution in [3.63, 3.8) is 0 Å². The standard InChI is InChI=1S/C17H18ClNO2/c1-11-7-6-9-15(12(11)2)19-17(20)13(3)21-16-10-5-4-8-14(16)18/h4-10,13H,1-3H3,(H,19,20)/t13-/m1/s1. The predicted octanol–water partition coefficient (Wildman–Crippen LogP) is 4.36. The van der Waals surface area contributed by atoms with Crippen molar-refractivity contribution in [3.05, 3.63) is 58.6 Å². The molecular weight excluding hydrogens is 286 g/mol. The zero-order valence-electron chi connectivity index (χ0n) is 12.3. The van der Waals surface area contributed by atoms with Crippen LogP contribution in [0.3, 0.4) is 0 Å². The van der Waals surface area contributed by atoms with E-state index in [2.05, 4.69) is 5.32 Å². The van der Waals surface area contributed by atoms with E-state index in [9.17, 15) is 4.79 Å². The molecule has 0 heterocycles. The van der Waals surface area contributed by atoms with Gasteiger partial charge in [-0.05, 0) is 50.1 Å². The molecule has 2 rings (SSSR count). The molecule has 0 aliphatic heterocycles. The van der Waals surface area contributed by atoms with Gasteiger partial charge >= 0.3 is 0 Å². The van der Waals surface area contributed by atoms with Crippen LogP contribution in [0.5, 0.6) is 5.75 Å². The fourth-order valence-electron chi connectivity index (χ4n) is 1.91. The normalized spacial score (nSPS) is 11.8. The summed E-state index contributed by atoms with van der Waals surface area (Å²) in [6.45, 7) is 5.68. The molecule has 3 nitrogen and oxygen atoms in total. The monoisotopic (exact) mass is 303 g/mol. The lowest BCUT2D eigenvalue weighted by molar-refractivity contribution is -0.122. The topological polar surface area (TPSA) is 38.3 Å². The van der Waals surface area contributed by atoms with Gasteiger partial charge in [0.2, 0.25) is 0 Å². The molecule has 0 saturated carbocycles. The number of halogens is 1. The average molecular weight is 304 g/mol. The Bertz CT molecular complexity index is 655. The van der Waals surface area contributed by atoms with Gasteiger partial charge in [0, 0.05) is 5.69 Å². The Hall–Kier alpha value is -2.00. The van der Waals surface area contributed by atoms with Gasteiger partial charge in [-0.3, -0.25) is 4.79 Å². The predicted molar refractivity (Wildman–Crippen MR) is 86.1 cm³/mol. The van der Waals surface area contributed by atoms with Crippen LogP contribution in [0, 0.1) is 13.8 Å². The molecular formula is C17H18ClNO2. The molecule has 21 heavy (non-hydrogen) atoms. The average Bonchev–Trinajstić information content (AvgIpc) is 2.46. The zero-order chi connectivity index (χ0) is 15.4. The lowest BCUT2D eigenvalue weighted by atomic mass is 10.1. The molecule has 1 amide bonds. The number of hydrogen-bond donors (Lipinski definition) is 1. The number of ether oxygens (including phenoxy) is 1. The fraction of sp³-hybridized carbons (Fsp3) is 0.235. The highest BCUT2D eigenvalue weighted by atomic mass is 35.5. The molecule has 0 unspecified atom stereocenters. The Morgan fingerprint density at radius 2 is 1.86 bits per heavy atom. The highest BCUT2D eigenvalue weighted by Crippen LogP contribution is 2.25. The minimum Gasteiger partial charge on any atom is -0.479 e. The molecule has 2 aromatic rings. The molecule has 0 aliphatic carbocycles. The summed E-state index contributed by atoms with van der Waals surface area (Å²) in [5.74, 6) is 0.298. The Balaban J connectivity index is 2.06. The van der Waals surface area contributed by atoms with Crippen molar-refractivity contribution in [2.75, 3.05) is 5.32 Å². The molecule has 0 aliphatic rings. The molecule has 4 heteroatoms. The molecule has 0 saturated heterocycles. The number of rotatable bonds is 4. The lowest BCUT2D eigenvalue weighted by Crippen LogP contribution is -2.30. The first kappa shape index (κ1) is 15.4.